The molecule has 0 saturated heterocycles. The van der Waals surface area contributed by atoms with Crippen molar-refractivity contribution in [2.75, 3.05) is 5.75 Å². The molecule has 3 aromatic rings. The molecule has 140 valence electrons. The lowest BCUT2D eigenvalue weighted by Gasteiger charge is -2.16. The predicted molar refractivity (Wildman–Crippen MR) is 98.3 cm³/mol. The largest absolute Gasteiger partial charge is 0.433 e. The molecule has 0 bridgehead atoms. The fourth-order valence-corrected chi connectivity index (χ4v) is 3.33. The Hall–Kier alpha value is -2.61. The van der Waals surface area contributed by atoms with Crippen molar-refractivity contribution >= 4 is 28.4 Å². The molecule has 1 atom stereocenters. The predicted octanol–water partition coefficient (Wildman–Crippen LogP) is 4.62. The highest BCUT2D eigenvalue weighted by Gasteiger charge is 2.32. The van der Waals surface area contributed by atoms with Crippen LogP contribution in [-0.4, -0.2) is 21.6 Å². The topological polar surface area (TPSA) is 54.9 Å². The molecule has 0 aliphatic rings. The number of aromatic nitrogens is 2. The first kappa shape index (κ1) is 19.2. The van der Waals surface area contributed by atoms with Gasteiger partial charge in [-0.1, -0.05) is 54.2 Å². The maximum Gasteiger partial charge on any atom is 0.433 e. The van der Waals surface area contributed by atoms with Crippen LogP contribution in [-0.2, 0) is 11.0 Å². The summed E-state index contributed by atoms with van der Waals surface area (Å²) in [5.74, 6) is -0.377. The molecule has 0 fully saturated rings. The molecular weight excluding hydrogens is 375 g/mol. The number of thioether (sulfide) groups is 1. The van der Waals surface area contributed by atoms with Gasteiger partial charge in [0.2, 0.25) is 5.91 Å². The molecule has 8 heteroatoms. The summed E-state index contributed by atoms with van der Waals surface area (Å²) in [5.41, 5.74) is -0.0497. The fraction of sp³-hybridized carbons (Fsp3) is 0.211. The highest BCUT2D eigenvalue weighted by Crippen LogP contribution is 2.28. The molecule has 1 heterocycles. The van der Waals surface area contributed by atoms with Crippen molar-refractivity contribution in [2.24, 2.45) is 0 Å². The van der Waals surface area contributed by atoms with E-state index >= 15 is 0 Å². The second-order valence-electron chi connectivity index (χ2n) is 5.87. The number of hydrogen-bond donors (Lipinski definition) is 1. The second kappa shape index (κ2) is 7.96. The summed E-state index contributed by atoms with van der Waals surface area (Å²) in [4.78, 5) is 19.4. The highest BCUT2D eigenvalue weighted by atomic mass is 32.2. The maximum absolute atomic E-state index is 12.7. The van der Waals surface area contributed by atoms with Crippen LogP contribution in [0.3, 0.4) is 0 Å². The summed E-state index contributed by atoms with van der Waals surface area (Å²) in [6.45, 7) is 1.87. The minimum Gasteiger partial charge on any atom is -0.349 e. The molecule has 1 aromatic heterocycles. The van der Waals surface area contributed by atoms with E-state index in [-0.39, 0.29) is 22.9 Å². The van der Waals surface area contributed by atoms with E-state index in [4.69, 9.17) is 0 Å². The fourth-order valence-electron chi connectivity index (χ4n) is 2.69. The van der Waals surface area contributed by atoms with E-state index in [9.17, 15) is 18.0 Å². The Kier molecular flexibility index (Phi) is 5.65. The molecule has 0 saturated carbocycles. The van der Waals surface area contributed by atoms with Crippen LogP contribution in [0.25, 0.3) is 10.8 Å². The van der Waals surface area contributed by atoms with E-state index < -0.39 is 11.9 Å². The van der Waals surface area contributed by atoms with Crippen molar-refractivity contribution in [3.63, 3.8) is 0 Å². The molecule has 0 unspecified atom stereocenters. The molecule has 1 N–H and O–H groups in total. The van der Waals surface area contributed by atoms with Crippen molar-refractivity contribution in [3.05, 3.63) is 66.0 Å². The molecule has 2 aromatic carbocycles. The van der Waals surface area contributed by atoms with Crippen LogP contribution in [0.5, 0.6) is 0 Å². The van der Waals surface area contributed by atoms with Crippen LogP contribution in [0.4, 0.5) is 13.2 Å². The Bertz CT molecular complexity index is 957. The van der Waals surface area contributed by atoms with Gasteiger partial charge in [0, 0.05) is 6.20 Å². The van der Waals surface area contributed by atoms with Gasteiger partial charge in [0.1, 0.15) is 5.69 Å². The molecule has 0 aliphatic heterocycles. The summed E-state index contributed by atoms with van der Waals surface area (Å²) in [6.07, 6.45) is -3.50. The quantitative estimate of drug-likeness (QED) is 0.509. The van der Waals surface area contributed by atoms with Gasteiger partial charge >= 0.3 is 6.18 Å². The van der Waals surface area contributed by atoms with E-state index in [1.807, 2.05) is 49.4 Å². The second-order valence-corrected chi connectivity index (χ2v) is 6.81. The Labute approximate surface area is 158 Å². The van der Waals surface area contributed by atoms with Crippen molar-refractivity contribution in [1.82, 2.24) is 15.3 Å². The van der Waals surface area contributed by atoms with Gasteiger partial charge in [-0.25, -0.2) is 9.97 Å². The Morgan fingerprint density at radius 3 is 2.67 bits per heavy atom. The Morgan fingerprint density at radius 1 is 1.15 bits per heavy atom. The number of fused-ring (bicyclic) bond motifs is 1. The lowest BCUT2D eigenvalue weighted by atomic mass is 10.00. The lowest BCUT2D eigenvalue weighted by Crippen LogP contribution is -2.28. The SMILES string of the molecule is C[C@H](NC(=O)CSc1nccc(C(F)(F)F)n1)c1cccc2ccccc12. The Balaban J connectivity index is 1.64. The molecule has 0 spiro atoms. The summed E-state index contributed by atoms with van der Waals surface area (Å²) >= 11 is 0.865. The first-order valence-corrected chi connectivity index (χ1v) is 9.13. The first-order chi connectivity index (χ1) is 12.8. The highest BCUT2D eigenvalue weighted by molar-refractivity contribution is 7.99. The van der Waals surface area contributed by atoms with Crippen LogP contribution in [0.1, 0.15) is 24.2 Å². The van der Waals surface area contributed by atoms with E-state index in [2.05, 4.69) is 15.3 Å². The number of nitrogens with zero attached hydrogens (tertiary/aromatic N) is 2. The van der Waals surface area contributed by atoms with Gasteiger partial charge in [-0.3, -0.25) is 4.79 Å². The van der Waals surface area contributed by atoms with Gasteiger partial charge in [-0.15, -0.1) is 0 Å². The van der Waals surface area contributed by atoms with Crippen molar-refractivity contribution in [1.29, 1.82) is 0 Å². The number of carbonyl (C=O) groups excluding carboxylic acids is 1. The van der Waals surface area contributed by atoms with Gasteiger partial charge in [0.15, 0.2) is 5.16 Å². The molecule has 3 rings (SSSR count). The summed E-state index contributed by atoms with van der Waals surface area (Å²) in [6, 6.07) is 14.3. The number of amides is 1. The normalized spacial score (nSPS) is 12.7. The number of benzene rings is 2. The number of alkyl halides is 3. The van der Waals surface area contributed by atoms with Crippen LogP contribution >= 0.6 is 11.8 Å². The molecular formula is C19H16F3N3OS. The number of carbonyl (C=O) groups is 1. The van der Waals surface area contributed by atoms with Gasteiger partial charge in [-0.2, -0.15) is 13.2 Å². The summed E-state index contributed by atoms with van der Waals surface area (Å²) in [7, 11) is 0. The van der Waals surface area contributed by atoms with E-state index in [1.165, 1.54) is 0 Å². The summed E-state index contributed by atoms with van der Waals surface area (Å²) < 4.78 is 38.0. The van der Waals surface area contributed by atoms with Crippen LogP contribution < -0.4 is 5.32 Å². The summed E-state index contributed by atoms with van der Waals surface area (Å²) in [5, 5.41) is 4.90. The van der Waals surface area contributed by atoms with Gasteiger partial charge in [-0.05, 0) is 29.3 Å². The lowest BCUT2D eigenvalue weighted by molar-refractivity contribution is -0.141. The van der Waals surface area contributed by atoms with E-state index in [0.717, 1.165) is 40.4 Å². The third-order valence-corrected chi connectivity index (χ3v) is 4.79. The monoisotopic (exact) mass is 391 g/mol. The standard InChI is InChI=1S/C19H16F3N3OS/c1-12(14-8-4-6-13-5-2-3-7-15(13)14)24-17(26)11-27-18-23-10-9-16(25-18)19(20,21)22/h2-10,12H,11H2,1H3,(H,24,26)/t12-/m0/s1. The average molecular weight is 391 g/mol. The van der Waals surface area contributed by atoms with E-state index in [0.29, 0.717) is 0 Å². The number of rotatable bonds is 5. The third kappa shape index (κ3) is 4.77. The molecule has 1 amide bonds. The smallest absolute Gasteiger partial charge is 0.349 e. The molecule has 27 heavy (non-hydrogen) atoms. The van der Waals surface area contributed by atoms with Gasteiger partial charge in [0.05, 0.1) is 11.8 Å². The van der Waals surface area contributed by atoms with Crippen LogP contribution in [0.2, 0.25) is 0 Å². The number of nitrogens with one attached hydrogen (secondary N) is 1. The van der Waals surface area contributed by atoms with Gasteiger partial charge in [0.25, 0.3) is 0 Å². The zero-order valence-corrected chi connectivity index (χ0v) is 15.1. The minimum atomic E-state index is -4.54. The molecule has 0 radical (unpaired) electrons. The number of hydrogen-bond acceptors (Lipinski definition) is 4. The average Bonchev–Trinajstić information content (AvgIpc) is 2.65. The molecule has 0 aliphatic carbocycles. The zero-order valence-electron chi connectivity index (χ0n) is 14.3. The first-order valence-electron chi connectivity index (χ1n) is 8.14. The third-order valence-electron chi connectivity index (χ3n) is 3.92. The van der Waals surface area contributed by atoms with Crippen LogP contribution in [0.15, 0.2) is 59.9 Å². The van der Waals surface area contributed by atoms with Crippen molar-refractivity contribution in [3.8, 4) is 0 Å². The number of halogens is 3. The minimum absolute atomic E-state index is 0.0730. The maximum atomic E-state index is 12.7. The van der Waals surface area contributed by atoms with Crippen LogP contribution in [0, 0.1) is 0 Å². The van der Waals surface area contributed by atoms with E-state index in [1.54, 1.807) is 0 Å². The zero-order chi connectivity index (χ0) is 19.4. The van der Waals surface area contributed by atoms with Gasteiger partial charge < -0.3 is 5.32 Å². The Morgan fingerprint density at radius 2 is 1.89 bits per heavy atom. The molecule has 4 nitrogen and oxygen atoms in total. The van der Waals surface area contributed by atoms with Crippen molar-refractivity contribution < 1.29 is 18.0 Å². The van der Waals surface area contributed by atoms with Crippen molar-refractivity contribution in [2.45, 2.75) is 24.3 Å².